The molecule has 0 spiro atoms. The highest BCUT2D eigenvalue weighted by Gasteiger charge is 2.48. The molecular formula is C20H27NO2. The topological polar surface area (TPSA) is 38.3 Å². The summed E-state index contributed by atoms with van der Waals surface area (Å²) in [4.78, 5) is 11.9. The summed E-state index contributed by atoms with van der Waals surface area (Å²) < 4.78 is 5.09. The van der Waals surface area contributed by atoms with Crippen LogP contribution in [0.15, 0.2) is 18.2 Å². The molecular weight excluding hydrogens is 286 g/mol. The maximum atomic E-state index is 11.9. The van der Waals surface area contributed by atoms with Crippen LogP contribution in [0.4, 0.5) is 5.69 Å². The average Bonchev–Trinajstić information content (AvgIpc) is 2.51. The maximum absolute atomic E-state index is 11.9. The van der Waals surface area contributed by atoms with Crippen LogP contribution in [-0.2, 0) is 4.74 Å². The van der Waals surface area contributed by atoms with E-state index in [1.165, 1.54) is 37.8 Å². The largest absolute Gasteiger partial charge is 0.462 e. The molecule has 1 N–H and O–H groups in total. The SMILES string of the molecule is CCOC(=O)c1ccc(NC2C3CC4CC(C3)CC2C4)c(C)c1. The minimum Gasteiger partial charge on any atom is -0.462 e. The Morgan fingerprint density at radius 2 is 1.78 bits per heavy atom. The molecule has 4 aliphatic rings. The van der Waals surface area contributed by atoms with Crippen LogP contribution in [0.1, 0.15) is 54.9 Å². The van der Waals surface area contributed by atoms with E-state index in [0.29, 0.717) is 18.2 Å². The molecule has 1 aromatic rings. The first-order chi connectivity index (χ1) is 11.1. The van der Waals surface area contributed by atoms with Crippen LogP contribution in [0.25, 0.3) is 0 Å². The Labute approximate surface area is 138 Å². The molecule has 0 atom stereocenters. The van der Waals surface area contributed by atoms with Gasteiger partial charge in [-0.2, -0.15) is 0 Å². The number of hydrogen-bond acceptors (Lipinski definition) is 3. The van der Waals surface area contributed by atoms with E-state index >= 15 is 0 Å². The van der Waals surface area contributed by atoms with Crippen molar-refractivity contribution in [3.05, 3.63) is 29.3 Å². The summed E-state index contributed by atoms with van der Waals surface area (Å²) in [6.45, 7) is 4.35. The lowest BCUT2D eigenvalue weighted by atomic mass is 9.54. The Morgan fingerprint density at radius 3 is 2.35 bits per heavy atom. The molecule has 1 aromatic carbocycles. The second-order valence-corrected chi connectivity index (χ2v) is 7.85. The fourth-order valence-electron chi connectivity index (χ4n) is 5.51. The van der Waals surface area contributed by atoms with Crippen molar-refractivity contribution in [2.24, 2.45) is 23.7 Å². The van der Waals surface area contributed by atoms with E-state index in [-0.39, 0.29) is 5.97 Å². The van der Waals surface area contributed by atoms with Crippen LogP contribution in [0.2, 0.25) is 0 Å². The van der Waals surface area contributed by atoms with E-state index in [1.54, 1.807) is 0 Å². The van der Waals surface area contributed by atoms with Gasteiger partial charge in [0.2, 0.25) is 0 Å². The molecule has 0 aromatic heterocycles. The fourth-order valence-corrected chi connectivity index (χ4v) is 5.51. The Morgan fingerprint density at radius 1 is 1.13 bits per heavy atom. The summed E-state index contributed by atoms with van der Waals surface area (Å²) in [7, 11) is 0. The molecule has 0 saturated heterocycles. The van der Waals surface area contributed by atoms with Gasteiger partial charge in [-0.15, -0.1) is 0 Å². The van der Waals surface area contributed by atoms with Crippen molar-refractivity contribution >= 4 is 11.7 Å². The van der Waals surface area contributed by atoms with Gasteiger partial charge in [0.1, 0.15) is 0 Å². The van der Waals surface area contributed by atoms with E-state index in [4.69, 9.17) is 4.74 Å². The van der Waals surface area contributed by atoms with Crippen LogP contribution in [0.3, 0.4) is 0 Å². The zero-order valence-electron chi connectivity index (χ0n) is 14.2. The lowest BCUT2D eigenvalue weighted by Crippen LogP contribution is -2.51. The van der Waals surface area contributed by atoms with Crippen LogP contribution in [0, 0.1) is 30.6 Å². The van der Waals surface area contributed by atoms with Gasteiger partial charge in [0.05, 0.1) is 12.2 Å². The number of hydrogen-bond donors (Lipinski definition) is 1. The highest BCUT2D eigenvalue weighted by atomic mass is 16.5. The number of aryl methyl sites for hydroxylation is 1. The van der Waals surface area contributed by atoms with Crippen LogP contribution >= 0.6 is 0 Å². The lowest BCUT2D eigenvalue weighted by molar-refractivity contribution is 0.00752. The minimum atomic E-state index is -0.225. The van der Waals surface area contributed by atoms with Crippen molar-refractivity contribution < 1.29 is 9.53 Å². The number of rotatable bonds is 4. The molecule has 0 radical (unpaired) electrons. The van der Waals surface area contributed by atoms with Gasteiger partial charge >= 0.3 is 5.97 Å². The third kappa shape index (κ3) is 2.75. The lowest BCUT2D eigenvalue weighted by Gasteiger charge is -2.54. The second-order valence-electron chi connectivity index (χ2n) is 7.85. The molecule has 4 bridgehead atoms. The molecule has 0 amide bonds. The van der Waals surface area contributed by atoms with E-state index in [0.717, 1.165) is 29.2 Å². The Balaban J connectivity index is 1.50. The van der Waals surface area contributed by atoms with Crippen LogP contribution in [0.5, 0.6) is 0 Å². The number of esters is 1. The molecule has 0 heterocycles. The molecule has 4 fully saturated rings. The van der Waals surface area contributed by atoms with E-state index in [2.05, 4.69) is 18.3 Å². The molecule has 0 aliphatic heterocycles. The summed E-state index contributed by atoms with van der Waals surface area (Å²) in [6.07, 6.45) is 7.18. The van der Waals surface area contributed by atoms with E-state index < -0.39 is 0 Å². The zero-order chi connectivity index (χ0) is 16.0. The van der Waals surface area contributed by atoms with Crippen molar-refractivity contribution in [3.8, 4) is 0 Å². The number of benzene rings is 1. The van der Waals surface area contributed by atoms with Crippen LogP contribution in [-0.4, -0.2) is 18.6 Å². The summed E-state index contributed by atoms with van der Waals surface area (Å²) in [5, 5.41) is 3.84. The molecule has 0 unspecified atom stereocenters. The number of ether oxygens (including phenoxy) is 1. The molecule has 3 nitrogen and oxygen atoms in total. The van der Waals surface area contributed by atoms with Crippen molar-refractivity contribution in [1.82, 2.24) is 0 Å². The van der Waals surface area contributed by atoms with Gasteiger partial charge in [0.25, 0.3) is 0 Å². The summed E-state index contributed by atoms with van der Waals surface area (Å²) in [5.41, 5.74) is 2.99. The second kappa shape index (κ2) is 5.85. The maximum Gasteiger partial charge on any atom is 0.338 e. The number of anilines is 1. The quantitative estimate of drug-likeness (QED) is 0.837. The van der Waals surface area contributed by atoms with Crippen molar-refractivity contribution in [3.63, 3.8) is 0 Å². The van der Waals surface area contributed by atoms with Crippen molar-refractivity contribution in [1.29, 1.82) is 0 Å². The summed E-state index contributed by atoms with van der Waals surface area (Å²) in [5.74, 6) is 3.49. The van der Waals surface area contributed by atoms with Gasteiger partial charge in [0, 0.05) is 11.7 Å². The first kappa shape index (κ1) is 15.0. The highest BCUT2D eigenvalue weighted by Crippen LogP contribution is 2.54. The van der Waals surface area contributed by atoms with E-state index in [9.17, 15) is 4.79 Å². The minimum absolute atomic E-state index is 0.225. The first-order valence-electron chi connectivity index (χ1n) is 9.18. The summed E-state index contributed by atoms with van der Waals surface area (Å²) in [6, 6.07) is 6.54. The molecule has 23 heavy (non-hydrogen) atoms. The number of carbonyl (C=O) groups is 1. The van der Waals surface area contributed by atoms with Gasteiger partial charge < -0.3 is 10.1 Å². The highest BCUT2D eigenvalue weighted by molar-refractivity contribution is 5.90. The predicted molar refractivity (Wildman–Crippen MR) is 91.6 cm³/mol. The standard InChI is InChI=1S/C20H27NO2/c1-3-23-20(22)15-4-5-18(12(2)6-15)21-19-16-8-13-7-14(10-16)11-17(19)9-13/h4-6,13-14,16-17,19,21H,3,7-11H2,1-2H3. The first-order valence-corrected chi connectivity index (χ1v) is 9.18. The monoisotopic (exact) mass is 313 g/mol. The zero-order valence-corrected chi connectivity index (χ0v) is 14.2. The normalized spacial score (nSPS) is 34.4. The van der Waals surface area contributed by atoms with Crippen LogP contribution < -0.4 is 5.32 Å². The van der Waals surface area contributed by atoms with Gasteiger partial charge in [-0.1, -0.05) is 0 Å². The number of carbonyl (C=O) groups excluding carboxylic acids is 1. The van der Waals surface area contributed by atoms with Gasteiger partial charge in [-0.3, -0.25) is 0 Å². The predicted octanol–water partition coefficient (Wildman–Crippen LogP) is 4.41. The van der Waals surface area contributed by atoms with Gasteiger partial charge in [-0.05, 0) is 93.4 Å². The Bertz CT molecular complexity index is 582. The molecule has 124 valence electrons. The Hall–Kier alpha value is -1.51. The molecule has 3 heteroatoms. The fraction of sp³-hybridized carbons (Fsp3) is 0.650. The average molecular weight is 313 g/mol. The molecule has 4 aliphatic carbocycles. The number of nitrogens with one attached hydrogen (secondary N) is 1. The molecule has 4 saturated carbocycles. The van der Waals surface area contributed by atoms with E-state index in [1.807, 2.05) is 19.1 Å². The summed E-state index contributed by atoms with van der Waals surface area (Å²) >= 11 is 0. The van der Waals surface area contributed by atoms with Crippen molar-refractivity contribution in [2.75, 3.05) is 11.9 Å². The van der Waals surface area contributed by atoms with Crippen molar-refractivity contribution in [2.45, 2.75) is 52.0 Å². The van der Waals surface area contributed by atoms with Gasteiger partial charge in [-0.25, -0.2) is 4.79 Å². The van der Waals surface area contributed by atoms with Gasteiger partial charge in [0.15, 0.2) is 0 Å². The Kier molecular flexibility index (Phi) is 3.82. The third-order valence-electron chi connectivity index (χ3n) is 6.29. The third-order valence-corrected chi connectivity index (χ3v) is 6.29. The molecule has 5 rings (SSSR count). The smallest absolute Gasteiger partial charge is 0.338 e.